The third-order valence-corrected chi connectivity index (χ3v) is 3.07. The van der Waals surface area contributed by atoms with Gasteiger partial charge in [-0.15, -0.1) is 0 Å². The number of rotatable bonds is 3. The van der Waals surface area contributed by atoms with Crippen LogP contribution in [-0.4, -0.2) is 11.7 Å². The molecule has 1 N–H and O–H groups in total. The molecular formula is C12H22O. The van der Waals surface area contributed by atoms with Crippen LogP contribution in [0, 0.1) is 11.8 Å². The number of aliphatic hydroxyl groups is 1. The fraction of sp³-hybridized carbons (Fsp3) is 0.833. The van der Waals surface area contributed by atoms with E-state index in [4.69, 9.17) is 5.11 Å². The van der Waals surface area contributed by atoms with Gasteiger partial charge >= 0.3 is 0 Å². The summed E-state index contributed by atoms with van der Waals surface area (Å²) in [6, 6.07) is 0. The Morgan fingerprint density at radius 2 is 1.92 bits per heavy atom. The molecule has 13 heavy (non-hydrogen) atoms. The van der Waals surface area contributed by atoms with Gasteiger partial charge in [-0.05, 0) is 24.7 Å². The Hall–Kier alpha value is -0.300. The maximum absolute atomic E-state index is 8.94. The summed E-state index contributed by atoms with van der Waals surface area (Å²) in [5.41, 5.74) is 1.49. The topological polar surface area (TPSA) is 20.2 Å². The number of allylic oxidation sites excluding steroid dienone is 1. The molecule has 1 aliphatic carbocycles. The number of aliphatic hydroxyl groups excluding tert-OH is 1. The van der Waals surface area contributed by atoms with Crippen molar-refractivity contribution in [1.82, 2.24) is 0 Å². The molecule has 0 saturated heterocycles. The fourth-order valence-corrected chi connectivity index (χ4v) is 2.42. The van der Waals surface area contributed by atoms with E-state index >= 15 is 0 Å². The molecule has 1 rings (SSSR count). The van der Waals surface area contributed by atoms with E-state index in [2.05, 4.69) is 13.8 Å². The van der Waals surface area contributed by atoms with Crippen molar-refractivity contribution in [2.24, 2.45) is 11.8 Å². The van der Waals surface area contributed by atoms with Crippen LogP contribution in [0.15, 0.2) is 11.6 Å². The van der Waals surface area contributed by atoms with Crippen molar-refractivity contribution in [3.8, 4) is 0 Å². The van der Waals surface area contributed by atoms with E-state index in [1.165, 1.54) is 37.7 Å². The van der Waals surface area contributed by atoms with E-state index < -0.39 is 0 Å². The molecule has 0 bridgehead atoms. The highest BCUT2D eigenvalue weighted by Gasteiger charge is 2.19. The maximum Gasteiger partial charge on any atom is 0.0615 e. The van der Waals surface area contributed by atoms with Gasteiger partial charge < -0.3 is 5.11 Å². The molecule has 76 valence electrons. The summed E-state index contributed by atoms with van der Waals surface area (Å²) < 4.78 is 0. The normalized spacial score (nSPS) is 21.1. The second-order valence-corrected chi connectivity index (χ2v) is 4.38. The molecule has 1 aliphatic rings. The summed E-state index contributed by atoms with van der Waals surface area (Å²) in [6.07, 6.45) is 8.86. The minimum absolute atomic E-state index is 0.212. The van der Waals surface area contributed by atoms with Crippen molar-refractivity contribution in [3.05, 3.63) is 11.6 Å². The van der Waals surface area contributed by atoms with Gasteiger partial charge in [-0.1, -0.05) is 44.8 Å². The van der Waals surface area contributed by atoms with Crippen LogP contribution >= 0.6 is 0 Å². The van der Waals surface area contributed by atoms with Crippen LogP contribution in [0.2, 0.25) is 0 Å². The van der Waals surface area contributed by atoms with Crippen molar-refractivity contribution in [1.29, 1.82) is 0 Å². The fourth-order valence-electron chi connectivity index (χ4n) is 2.42. The van der Waals surface area contributed by atoms with Gasteiger partial charge in [-0.25, -0.2) is 0 Å². The van der Waals surface area contributed by atoms with E-state index in [0.29, 0.717) is 5.92 Å². The molecule has 0 amide bonds. The Bertz CT molecular complexity index is 164. The Balaban J connectivity index is 2.57. The highest BCUT2D eigenvalue weighted by Crippen LogP contribution is 2.33. The largest absolute Gasteiger partial charge is 0.392 e. The Kier molecular flexibility index (Phi) is 4.51. The lowest BCUT2D eigenvalue weighted by Crippen LogP contribution is -2.13. The molecule has 1 saturated carbocycles. The standard InChI is InChI=1S/C12H22O/c1-10(2)12(8-9-13)11-6-4-3-5-7-11/h8,10-11,13H,3-7,9H2,1-2H3/b12-8+. The average Bonchev–Trinajstić information content (AvgIpc) is 2.15. The van der Waals surface area contributed by atoms with E-state index in [1.807, 2.05) is 6.08 Å². The smallest absolute Gasteiger partial charge is 0.0615 e. The Morgan fingerprint density at radius 1 is 1.31 bits per heavy atom. The Labute approximate surface area is 81.9 Å². The summed E-state index contributed by atoms with van der Waals surface area (Å²) in [5, 5.41) is 8.94. The van der Waals surface area contributed by atoms with Crippen molar-refractivity contribution >= 4 is 0 Å². The predicted octanol–water partition coefficient (Wildman–Crippen LogP) is 3.14. The van der Waals surface area contributed by atoms with Gasteiger partial charge in [0.05, 0.1) is 6.61 Å². The molecule has 0 aliphatic heterocycles. The summed E-state index contributed by atoms with van der Waals surface area (Å²) >= 11 is 0. The first kappa shape index (κ1) is 10.8. The van der Waals surface area contributed by atoms with Gasteiger partial charge in [0.2, 0.25) is 0 Å². The summed E-state index contributed by atoms with van der Waals surface area (Å²) in [4.78, 5) is 0. The van der Waals surface area contributed by atoms with Gasteiger partial charge in [-0.2, -0.15) is 0 Å². The van der Waals surface area contributed by atoms with E-state index in [-0.39, 0.29) is 6.61 Å². The lowest BCUT2D eigenvalue weighted by molar-refractivity contribution is 0.331. The van der Waals surface area contributed by atoms with Crippen LogP contribution in [-0.2, 0) is 0 Å². The molecule has 0 aromatic rings. The summed E-state index contributed by atoms with van der Waals surface area (Å²) in [7, 11) is 0. The molecule has 0 spiro atoms. The highest BCUT2D eigenvalue weighted by molar-refractivity contribution is 5.10. The van der Waals surface area contributed by atoms with Crippen molar-refractivity contribution in [3.63, 3.8) is 0 Å². The molecule has 0 aromatic carbocycles. The van der Waals surface area contributed by atoms with Crippen molar-refractivity contribution in [2.45, 2.75) is 46.0 Å². The first-order valence-corrected chi connectivity index (χ1v) is 5.56. The van der Waals surface area contributed by atoms with Crippen LogP contribution in [0.5, 0.6) is 0 Å². The van der Waals surface area contributed by atoms with E-state index in [0.717, 1.165) is 5.92 Å². The Morgan fingerprint density at radius 3 is 2.38 bits per heavy atom. The molecule has 1 nitrogen and oxygen atoms in total. The van der Waals surface area contributed by atoms with Crippen molar-refractivity contribution in [2.75, 3.05) is 6.61 Å². The lowest BCUT2D eigenvalue weighted by atomic mass is 9.79. The minimum atomic E-state index is 0.212. The van der Waals surface area contributed by atoms with Crippen LogP contribution < -0.4 is 0 Å². The van der Waals surface area contributed by atoms with Gasteiger partial charge in [0.1, 0.15) is 0 Å². The third kappa shape index (κ3) is 3.15. The van der Waals surface area contributed by atoms with Crippen LogP contribution in [0.3, 0.4) is 0 Å². The second kappa shape index (κ2) is 5.43. The van der Waals surface area contributed by atoms with Crippen LogP contribution in [0.1, 0.15) is 46.0 Å². The first-order chi connectivity index (χ1) is 6.25. The zero-order chi connectivity index (χ0) is 9.68. The zero-order valence-electron chi connectivity index (χ0n) is 8.92. The predicted molar refractivity (Wildman–Crippen MR) is 56.6 cm³/mol. The molecule has 0 radical (unpaired) electrons. The minimum Gasteiger partial charge on any atom is -0.392 e. The third-order valence-electron chi connectivity index (χ3n) is 3.07. The van der Waals surface area contributed by atoms with Gasteiger partial charge in [0.25, 0.3) is 0 Å². The maximum atomic E-state index is 8.94. The molecule has 1 heteroatoms. The summed E-state index contributed by atoms with van der Waals surface area (Å²) in [5.74, 6) is 1.37. The summed E-state index contributed by atoms with van der Waals surface area (Å²) in [6.45, 7) is 4.68. The molecule has 0 atom stereocenters. The molecule has 0 aromatic heterocycles. The SMILES string of the molecule is CC(C)/C(=C\CO)C1CCCCC1. The average molecular weight is 182 g/mol. The molecular weight excluding hydrogens is 160 g/mol. The number of hydrogen-bond donors (Lipinski definition) is 1. The van der Waals surface area contributed by atoms with Gasteiger partial charge in [-0.3, -0.25) is 0 Å². The van der Waals surface area contributed by atoms with E-state index in [1.54, 1.807) is 0 Å². The van der Waals surface area contributed by atoms with Gasteiger partial charge in [0, 0.05) is 0 Å². The molecule has 0 heterocycles. The molecule has 1 fully saturated rings. The molecule has 0 unspecified atom stereocenters. The second-order valence-electron chi connectivity index (χ2n) is 4.38. The van der Waals surface area contributed by atoms with Crippen LogP contribution in [0.4, 0.5) is 0 Å². The van der Waals surface area contributed by atoms with Crippen LogP contribution in [0.25, 0.3) is 0 Å². The highest BCUT2D eigenvalue weighted by atomic mass is 16.2. The number of hydrogen-bond acceptors (Lipinski definition) is 1. The van der Waals surface area contributed by atoms with Crippen molar-refractivity contribution < 1.29 is 5.11 Å². The monoisotopic (exact) mass is 182 g/mol. The van der Waals surface area contributed by atoms with Gasteiger partial charge in [0.15, 0.2) is 0 Å². The first-order valence-electron chi connectivity index (χ1n) is 5.56. The quantitative estimate of drug-likeness (QED) is 0.665. The van der Waals surface area contributed by atoms with E-state index in [9.17, 15) is 0 Å². The zero-order valence-corrected chi connectivity index (χ0v) is 8.92. The lowest BCUT2D eigenvalue weighted by Gasteiger charge is -2.26.